The molecule has 0 saturated carbocycles. The number of nitro groups is 1. The van der Waals surface area contributed by atoms with Gasteiger partial charge in [-0.1, -0.05) is 30.3 Å². The van der Waals surface area contributed by atoms with Crippen molar-refractivity contribution in [2.45, 2.75) is 6.54 Å². The zero-order chi connectivity index (χ0) is 17.6. The number of benzene rings is 1. The Balaban J connectivity index is 1.75. The van der Waals surface area contributed by atoms with Gasteiger partial charge in [0.1, 0.15) is 6.33 Å². The van der Waals surface area contributed by atoms with Gasteiger partial charge in [-0.25, -0.2) is 15.0 Å². The molecule has 0 aliphatic carbocycles. The van der Waals surface area contributed by atoms with Crippen LogP contribution in [0, 0.1) is 10.1 Å². The Bertz CT molecular complexity index is 718. The van der Waals surface area contributed by atoms with Gasteiger partial charge >= 0.3 is 5.69 Å². The Morgan fingerprint density at radius 2 is 1.80 bits per heavy atom. The summed E-state index contributed by atoms with van der Waals surface area (Å²) < 4.78 is 0. The maximum Gasteiger partial charge on any atom is 0.354 e. The van der Waals surface area contributed by atoms with Crippen molar-refractivity contribution in [2.75, 3.05) is 44.0 Å². The molecule has 1 aromatic heterocycles. The van der Waals surface area contributed by atoms with E-state index in [0.717, 1.165) is 31.7 Å². The molecule has 2 N–H and O–H groups in total. The van der Waals surface area contributed by atoms with E-state index in [1.54, 1.807) is 0 Å². The fourth-order valence-corrected chi connectivity index (χ4v) is 2.61. The van der Waals surface area contributed by atoms with Crippen molar-refractivity contribution in [2.24, 2.45) is 0 Å². The average molecular weight is 343 g/mol. The van der Waals surface area contributed by atoms with E-state index < -0.39 is 4.92 Å². The molecule has 9 heteroatoms. The molecule has 0 atom stereocenters. The first-order chi connectivity index (χ1) is 12.1. The molecule has 1 aliphatic heterocycles. The monoisotopic (exact) mass is 343 g/mol. The highest BCUT2D eigenvalue weighted by Crippen LogP contribution is 2.29. The zero-order valence-corrected chi connectivity index (χ0v) is 14.1. The number of rotatable bonds is 6. The van der Waals surface area contributed by atoms with Gasteiger partial charge in [-0.2, -0.15) is 0 Å². The minimum absolute atomic E-state index is 0.141. The van der Waals surface area contributed by atoms with Crippen LogP contribution in [0.4, 0.5) is 17.3 Å². The number of nitrogens with one attached hydrogen (secondary N) is 2. The molecule has 132 valence electrons. The van der Waals surface area contributed by atoms with E-state index in [-0.39, 0.29) is 17.3 Å². The second-order valence-electron chi connectivity index (χ2n) is 5.92. The smallest absolute Gasteiger partial charge is 0.354 e. The molecular weight excluding hydrogens is 322 g/mol. The minimum atomic E-state index is -0.453. The molecule has 1 aliphatic rings. The van der Waals surface area contributed by atoms with Gasteiger partial charge in [-0.3, -0.25) is 15.5 Å². The van der Waals surface area contributed by atoms with Crippen LogP contribution in [0.5, 0.6) is 0 Å². The molecule has 1 saturated heterocycles. The van der Waals surface area contributed by atoms with Gasteiger partial charge in [-0.15, -0.1) is 0 Å². The SMILES string of the molecule is CN1CCN(Nc2ncnc(NCc3ccccc3)c2[N+](=O)[O-])CC1. The Morgan fingerprint density at radius 1 is 1.12 bits per heavy atom. The number of hydrogen-bond acceptors (Lipinski definition) is 8. The molecule has 9 nitrogen and oxygen atoms in total. The number of nitrogens with zero attached hydrogens (tertiary/aromatic N) is 5. The molecule has 0 bridgehead atoms. The molecule has 25 heavy (non-hydrogen) atoms. The molecule has 1 fully saturated rings. The highest BCUT2D eigenvalue weighted by molar-refractivity contribution is 5.68. The fraction of sp³-hybridized carbons (Fsp3) is 0.375. The number of hydrazine groups is 1. The Hall–Kier alpha value is -2.78. The van der Waals surface area contributed by atoms with Crippen LogP contribution in [0.2, 0.25) is 0 Å². The summed E-state index contributed by atoms with van der Waals surface area (Å²) in [6, 6.07) is 9.67. The van der Waals surface area contributed by atoms with Gasteiger partial charge < -0.3 is 10.2 Å². The molecule has 0 radical (unpaired) electrons. The molecule has 2 aromatic rings. The molecule has 3 rings (SSSR count). The predicted octanol–water partition coefficient (Wildman–Crippen LogP) is 1.57. The van der Waals surface area contributed by atoms with Crippen LogP contribution in [0.25, 0.3) is 0 Å². The summed E-state index contributed by atoms with van der Waals surface area (Å²) in [5, 5.41) is 16.5. The average Bonchev–Trinajstić information content (AvgIpc) is 2.62. The number of piperazine rings is 1. The Morgan fingerprint density at radius 3 is 2.48 bits per heavy atom. The van der Waals surface area contributed by atoms with E-state index >= 15 is 0 Å². The molecule has 0 unspecified atom stereocenters. The standard InChI is InChI=1S/C16H21N7O2/c1-21-7-9-22(10-8-21)20-16-14(23(24)25)15(18-12-19-16)17-11-13-5-3-2-4-6-13/h2-6,12H,7-11H2,1H3,(H2,17,18,19,20). The summed E-state index contributed by atoms with van der Waals surface area (Å²) in [4.78, 5) is 21.4. The number of anilines is 2. The summed E-state index contributed by atoms with van der Waals surface area (Å²) in [6.07, 6.45) is 1.33. The maximum atomic E-state index is 11.6. The van der Waals surface area contributed by atoms with Crippen LogP contribution < -0.4 is 10.7 Å². The van der Waals surface area contributed by atoms with Crippen LogP contribution in [0.15, 0.2) is 36.7 Å². The van der Waals surface area contributed by atoms with E-state index in [1.165, 1.54) is 6.33 Å². The van der Waals surface area contributed by atoms with Gasteiger partial charge in [0.05, 0.1) is 4.92 Å². The largest absolute Gasteiger partial charge is 0.360 e. The van der Waals surface area contributed by atoms with Gasteiger partial charge in [0.2, 0.25) is 11.6 Å². The lowest BCUT2D eigenvalue weighted by Gasteiger charge is -2.32. The highest BCUT2D eigenvalue weighted by atomic mass is 16.6. The van der Waals surface area contributed by atoms with Gasteiger partial charge in [0.25, 0.3) is 0 Å². The molecule has 0 amide bonds. The fourth-order valence-electron chi connectivity index (χ4n) is 2.61. The lowest BCUT2D eigenvalue weighted by Crippen LogP contribution is -2.47. The summed E-state index contributed by atoms with van der Waals surface area (Å²) >= 11 is 0. The summed E-state index contributed by atoms with van der Waals surface area (Å²) in [7, 11) is 2.05. The van der Waals surface area contributed by atoms with E-state index in [0.29, 0.717) is 6.54 Å². The number of hydrogen-bond donors (Lipinski definition) is 2. The second kappa shape index (κ2) is 7.86. The summed E-state index contributed by atoms with van der Waals surface area (Å²) in [5.41, 5.74) is 3.94. The molecule has 2 heterocycles. The first-order valence-electron chi connectivity index (χ1n) is 8.11. The Kier molecular flexibility index (Phi) is 5.36. The number of aromatic nitrogens is 2. The van der Waals surface area contributed by atoms with Crippen LogP contribution in [-0.4, -0.2) is 58.0 Å². The molecule has 1 aromatic carbocycles. The van der Waals surface area contributed by atoms with Crippen molar-refractivity contribution < 1.29 is 4.92 Å². The zero-order valence-electron chi connectivity index (χ0n) is 14.1. The molecular formula is C16H21N7O2. The van der Waals surface area contributed by atoms with Gasteiger partial charge in [0, 0.05) is 32.7 Å². The van der Waals surface area contributed by atoms with Crippen molar-refractivity contribution in [1.29, 1.82) is 0 Å². The van der Waals surface area contributed by atoms with Gasteiger partial charge in [-0.05, 0) is 12.6 Å². The third-order valence-electron chi connectivity index (χ3n) is 4.07. The van der Waals surface area contributed by atoms with Crippen LogP contribution in [0.1, 0.15) is 5.56 Å². The first kappa shape index (κ1) is 17.1. The van der Waals surface area contributed by atoms with E-state index in [9.17, 15) is 10.1 Å². The quantitative estimate of drug-likeness (QED) is 0.602. The topological polar surface area (TPSA) is 99.5 Å². The van der Waals surface area contributed by atoms with Crippen molar-refractivity contribution in [3.8, 4) is 0 Å². The molecule has 0 spiro atoms. The highest BCUT2D eigenvalue weighted by Gasteiger charge is 2.25. The van der Waals surface area contributed by atoms with Crippen LogP contribution in [-0.2, 0) is 6.54 Å². The van der Waals surface area contributed by atoms with E-state index in [4.69, 9.17) is 0 Å². The minimum Gasteiger partial charge on any atom is -0.360 e. The summed E-state index contributed by atoms with van der Waals surface area (Å²) in [6.45, 7) is 3.78. The van der Waals surface area contributed by atoms with E-state index in [2.05, 4.69) is 32.7 Å². The van der Waals surface area contributed by atoms with Crippen molar-refractivity contribution in [1.82, 2.24) is 19.9 Å². The third kappa shape index (κ3) is 4.40. The Labute approximate surface area is 145 Å². The maximum absolute atomic E-state index is 11.6. The predicted molar refractivity (Wildman–Crippen MR) is 95.1 cm³/mol. The summed E-state index contributed by atoms with van der Waals surface area (Å²) in [5.74, 6) is 0.417. The van der Waals surface area contributed by atoms with E-state index in [1.807, 2.05) is 35.3 Å². The third-order valence-corrected chi connectivity index (χ3v) is 4.07. The van der Waals surface area contributed by atoms with Crippen molar-refractivity contribution in [3.05, 3.63) is 52.3 Å². The van der Waals surface area contributed by atoms with Crippen LogP contribution >= 0.6 is 0 Å². The first-order valence-corrected chi connectivity index (χ1v) is 8.11. The number of likely N-dealkylation sites (N-methyl/N-ethyl adjacent to an activating group) is 1. The van der Waals surface area contributed by atoms with Crippen molar-refractivity contribution in [3.63, 3.8) is 0 Å². The van der Waals surface area contributed by atoms with Gasteiger partial charge in [0.15, 0.2) is 0 Å². The second-order valence-corrected chi connectivity index (χ2v) is 5.92. The normalized spacial score (nSPS) is 15.7. The lowest BCUT2D eigenvalue weighted by molar-refractivity contribution is -0.383. The lowest BCUT2D eigenvalue weighted by atomic mass is 10.2. The van der Waals surface area contributed by atoms with Crippen LogP contribution in [0.3, 0.4) is 0 Å². The van der Waals surface area contributed by atoms with Crippen molar-refractivity contribution >= 4 is 17.3 Å².